The van der Waals surface area contributed by atoms with Crippen molar-refractivity contribution in [3.8, 4) is 0 Å². The topological polar surface area (TPSA) is 78.5 Å². The Balaban J connectivity index is 1.84. The smallest absolute Gasteiger partial charge is 0.324 e. The lowest BCUT2D eigenvalue weighted by atomic mass is 9.85. The van der Waals surface area contributed by atoms with Crippen LogP contribution in [0.4, 0.5) is 14.9 Å². The van der Waals surface area contributed by atoms with Crippen LogP contribution < -0.4 is 10.6 Å². The number of hydrogen-bond acceptors (Lipinski definition) is 3. The number of urea groups is 1. The van der Waals surface area contributed by atoms with Gasteiger partial charge >= 0.3 is 6.03 Å². The van der Waals surface area contributed by atoms with Crippen LogP contribution in [0.3, 0.4) is 0 Å². The Kier molecular flexibility index (Phi) is 6.43. The quantitative estimate of drug-likeness (QED) is 0.648. The van der Waals surface area contributed by atoms with Gasteiger partial charge in [-0.2, -0.15) is 0 Å². The van der Waals surface area contributed by atoms with Crippen molar-refractivity contribution in [1.82, 2.24) is 10.2 Å². The van der Waals surface area contributed by atoms with Crippen LogP contribution in [0.5, 0.6) is 0 Å². The summed E-state index contributed by atoms with van der Waals surface area (Å²) in [5, 5.41) is 5.60. The summed E-state index contributed by atoms with van der Waals surface area (Å²) in [6, 6.07) is 8.83. The van der Waals surface area contributed by atoms with E-state index in [0.29, 0.717) is 24.1 Å². The maximum atomic E-state index is 13.4. The van der Waals surface area contributed by atoms with E-state index in [2.05, 4.69) is 10.6 Å². The van der Waals surface area contributed by atoms with E-state index in [-0.39, 0.29) is 0 Å². The van der Waals surface area contributed by atoms with Gasteiger partial charge in [0.05, 0.1) is 0 Å². The molecule has 2 aromatic carbocycles. The highest BCUT2D eigenvalue weighted by Crippen LogP contribution is 2.34. The Labute approximate surface area is 181 Å². The summed E-state index contributed by atoms with van der Waals surface area (Å²) in [6.45, 7) is 7.36. The van der Waals surface area contributed by atoms with Crippen molar-refractivity contribution in [1.29, 1.82) is 0 Å². The van der Waals surface area contributed by atoms with Gasteiger partial charge in [-0.15, -0.1) is 0 Å². The third-order valence-electron chi connectivity index (χ3n) is 5.66. The number of anilines is 1. The number of hydrogen-bond donors (Lipinski definition) is 2. The molecule has 0 saturated carbocycles. The van der Waals surface area contributed by atoms with Crippen molar-refractivity contribution in [3.05, 3.63) is 64.5 Å². The fraction of sp³-hybridized carbons (Fsp3) is 0.375. The highest BCUT2D eigenvalue weighted by Gasteiger charge is 2.52. The molecule has 1 fully saturated rings. The molecule has 6 nitrogen and oxygen atoms in total. The molecule has 0 radical (unpaired) electrons. The summed E-state index contributed by atoms with van der Waals surface area (Å²) in [4.78, 5) is 39.7. The van der Waals surface area contributed by atoms with E-state index >= 15 is 0 Å². The molecular weight excluding hydrogens is 397 g/mol. The normalized spacial score (nSPS) is 18.3. The van der Waals surface area contributed by atoms with E-state index in [1.54, 1.807) is 0 Å². The number of nitrogens with zero attached hydrogens (tertiary/aromatic N) is 1. The minimum absolute atomic E-state index is 0.369. The monoisotopic (exact) mass is 425 g/mol. The standard InChI is InChI=1S/C24H28FN3O3/c1-5-6-11-24(18-7-9-19(25)10-8-18)22(30)28(23(31)27-24)14-20(29)26-21-16(3)12-15(2)13-17(21)4/h7-10,12-13H,5-6,11,14H2,1-4H3,(H,26,29)(H,27,31)/t24-/m1/s1. The van der Waals surface area contributed by atoms with Gasteiger partial charge < -0.3 is 10.6 Å². The molecular formula is C24H28FN3O3. The number of aryl methyl sites for hydroxylation is 3. The van der Waals surface area contributed by atoms with E-state index in [4.69, 9.17) is 0 Å². The second-order valence-corrected chi connectivity index (χ2v) is 8.16. The Morgan fingerprint density at radius 3 is 2.29 bits per heavy atom. The minimum Gasteiger partial charge on any atom is -0.324 e. The second kappa shape index (κ2) is 8.88. The fourth-order valence-corrected chi connectivity index (χ4v) is 4.16. The van der Waals surface area contributed by atoms with E-state index in [0.717, 1.165) is 28.0 Å². The van der Waals surface area contributed by atoms with Gasteiger partial charge in [0.2, 0.25) is 5.91 Å². The van der Waals surface area contributed by atoms with Crippen LogP contribution in [0.2, 0.25) is 0 Å². The molecule has 1 saturated heterocycles. The van der Waals surface area contributed by atoms with Crippen molar-refractivity contribution in [2.75, 3.05) is 11.9 Å². The fourth-order valence-electron chi connectivity index (χ4n) is 4.16. The van der Waals surface area contributed by atoms with Gasteiger partial charge in [0.1, 0.15) is 17.9 Å². The van der Waals surface area contributed by atoms with Crippen LogP contribution in [0.1, 0.15) is 48.4 Å². The number of benzene rings is 2. The number of rotatable bonds is 7. The SMILES string of the molecule is CCCC[C@]1(c2ccc(F)cc2)NC(=O)N(CC(=O)Nc2c(C)cc(C)cc2C)C1=O. The zero-order valence-electron chi connectivity index (χ0n) is 18.3. The van der Waals surface area contributed by atoms with E-state index < -0.39 is 35.7 Å². The van der Waals surface area contributed by atoms with Crippen LogP contribution in [-0.2, 0) is 15.1 Å². The highest BCUT2D eigenvalue weighted by atomic mass is 19.1. The van der Waals surface area contributed by atoms with Crippen LogP contribution in [0.25, 0.3) is 0 Å². The molecule has 0 unspecified atom stereocenters. The first-order valence-electron chi connectivity index (χ1n) is 10.5. The molecule has 1 aliphatic rings. The Bertz CT molecular complexity index is 996. The average Bonchev–Trinajstić information content (AvgIpc) is 2.94. The Morgan fingerprint density at radius 1 is 1.10 bits per heavy atom. The first-order valence-corrected chi connectivity index (χ1v) is 10.5. The van der Waals surface area contributed by atoms with E-state index in [9.17, 15) is 18.8 Å². The van der Waals surface area contributed by atoms with Gasteiger partial charge in [0.15, 0.2) is 0 Å². The molecule has 2 N–H and O–H groups in total. The number of carbonyl (C=O) groups excluding carboxylic acids is 3. The van der Waals surface area contributed by atoms with Crippen molar-refractivity contribution >= 4 is 23.5 Å². The van der Waals surface area contributed by atoms with E-state index in [1.807, 2.05) is 39.8 Å². The van der Waals surface area contributed by atoms with Gasteiger partial charge in [-0.25, -0.2) is 9.18 Å². The molecule has 0 aromatic heterocycles. The largest absolute Gasteiger partial charge is 0.325 e. The molecule has 7 heteroatoms. The van der Waals surface area contributed by atoms with Crippen LogP contribution in [0, 0.1) is 26.6 Å². The van der Waals surface area contributed by atoms with Gasteiger partial charge in [0.25, 0.3) is 5.91 Å². The molecule has 2 aromatic rings. The Morgan fingerprint density at radius 2 is 1.71 bits per heavy atom. The van der Waals surface area contributed by atoms with Crippen molar-refractivity contribution in [3.63, 3.8) is 0 Å². The molecule has 164 valence electrons. The number of amides is 4. The van der Waals surface area contributed by atoms with Crippen LogP contribution in [0.15, 0.2) is 36.4 Å². The van der Waals surface area contributed by atoms with Gasteiger partial charge in [-0.3, -0.25) is 14.5 Å². The molecule has 0 spiro atoms. The van der Waals surface area contributed by atoms with Crippen LogP contribution >= 0.6 is 0 Å². The van der Waals surface area contributed by atoms with Gasteiger partial charge in [0, 0.05) is 5.69 Å². The van der Waals surface area contributed by atoms with Crippen molar-refractivity contribution in [2.45, 2.75) is 52.5 Å². The third-order valence-corrected chi connectivity index (χ3v) is 5.66. The summed E-state index contributed by atoms with van der Waals surface area (Å²) in [6.07, 6.45) is 1.87. The minimum atomic E-state index is -1.29. The summed E-state index contributed by atoms with van der Waals surface area (Å²) in [5.41, 5.74) is 2.80. The lowest BCUT2D eigenvalue weighted by Gasteiger charge is -2.27. The lowest BCUT2D eigenvalue weighted by molar-refractivity contribution is -0.134. The lowest BCUT2D eigenvalue weighted by Crippen LogP contribution is -2.44. The maximum Gasteiger partial charge on any atom is 0.325 e. The first kappa shape index (κ1) is 22.5. The van der Waals surface area contributed by atoms with Crippen LogP contribution in [-0.4, -0.2) is 29.3 Å². The molecule has 0 aliphatic carbocycles. The van der Waals surface area contributed by atoms with Gasteiger partial charge in [-0.05, 0) is 56.0 Å². The third kappa shape index (κ3) is 4.45. The molecule has 1 aliphatic heterocycles. The number of halogens is 1. The second-order valence-electron chi connectivity index (χ2n) is 8.16. The average molecular weight is 426 g/mol. The first-order chi connectivity index (χ1) is 14.7. The number of nitrogens with one attached hydrogen (secondary N) is 2. The molecule has 31 heavy (non-hydrogen) atoms. The summed E-state index contributed by atoms with van der Waals surface area (Å²) in [7, 11) is 0. The maximum absolute atomic E-state index is 13.4. The summed E-state index contributed by atoms with van der Waals surface area (Å²) < 4.78 is 13.4. The zero-order valence-corrected chi connectivity index (χ0v) is 18.3. The van der Waals surface area contributed by atoms with Gasteiger partial charge in [-0.1, -0.05) is 49.6 Å². The van der Waals surface area contributed by atoms with Crippen molar-refractivity contribution in [2.24, 2.45) is 0 Å². The highest BCUT2D eigenvalue weighted by molar-refractivity contribution is 6.10. The number of unbranched alkanes of at least 4 members (excludes halogenated alkanes) is 1. The molecule has 0 bridgehead atoms. The summed E-state index contributed by atoms with van der Waals surface area (Å²) in [5.74, 6) is -1.37. The molecule has 4 amide bonds. The zero-order chi connectivity index (χ0) is 22.8. The van der Waals surface area contributed by atoms with E-state index in [1.165, 1.54) is 24.3 Å². The molecule has 1 atom stereocenters. The predicted octanol–water partition coefficient (Wildman–Crippen LogP) is 4.33. The number of imide groups is 1. The number of carbonyl (C=O) groups is 3. The summed E-state index contributed by atoms with van der Waals surface area (Å²) >= 11 is 0. The Hall–Kier alpha value is -3.22. The predicted molar refractivity (Wildman–Crippen MR) is 117 cm³/mol. The van der Waals surface area contributed by atoms with Crippen molar-refractivity contribution < 1.29 is 18.8 Å². The molecule has 1 heterocycles. The molecule has 3 rings (SSSR count).